The number of ether oxygens (including phenoxy) is 1. The number of para-hydroxylation sites is 1. The highest BCUT2D eigenvalue weighted by Crippen LogP contribution is 2.26. The molecule has 2 aromatic carbocycles. The Bertz CT molecular complexity index is 1010. The minimum atomic E-state index is -3.62. The van der Waals surface area contributed by atoms with Crippen LogP contribution in [0, 0.1) is 11.8 Å². The molecule has 0 spiro atoms. The first-order valence-corrected chi connectivity index (χ1v) is 11.7. The van der Waals surface area contributed by atoms with Gasteiger partial charge in [0.15, 0.2) is 6.61 Å². The number of nitrogens with zero attached hydrogens (tertiary/aromatic N) is 2. The summed E-state index contributed by atoms with van der Waals surface area (Å²) >= 11 is 0. The Morgan fingerprint density at radius 1 is 1.00 bits per heavy atom. The van der Waals surface area contributed by atoms with E-state index in [1.165, 1.54) is 33.5 Å². The molecule has 2 atom stereocenters. The summed E-state index contributed by atoms with van der Waals surface area (Å²) in [6, 6.07) is 14.7. The molecule has 1 aliphatic rings. The number of benzene rings is 2. The zero-order chi connectivity index (χ0) is 22.6. The van der Waals surface area contributed by atoms with Crippen molar-refractivity contribution in [1.29, 1.82) is 0 Å². The van der Waals surface area contributed by atoms with E-state index in [0.29, 0.717) is 30.6 Å². The summed E-state index contributed by atoms with van der Waals surface area (Å²) in [6.07, 6.45) is 1.01. The summed E-state index contributed by atoms with van der Waals surface area (Å²) in [5.74, 6) is -0.440. The van der Waals surface area contributed by atoms with Crippen molar-refractivity contribution in [1.82, 2.24) is 4.31 Å². The minimum absolute atomic E-state index is 0.144. The van der Waals surface area contributed by atoms with Crippen molar-refractivity contribution in [2.45, 2.75) is 25.2 Å². The second kappa shape index (κ2) is 9.62. The molecule has 0 bridgehead atoms. The van der Waals surface area contributed by atoms with Crippen molar-refractivity contribution in [2.24, 2.45) is 11.8 Å². The van der Waals surface area contributed by atoms with E-state index in [4.69, 9.17) is 4.74 Å². The van der Waals surface area contributed by atoms with Gasteiger partial charge in [0.25, 0.3) is 5.91 Å². The van der Waals surface area contributed by atoms with Crippen LogP contribution in [-0.4, -0.2) is 51.3 Å². The lowest BCUT2D eigenvalue weighted by Gasteiger charge is -2.34. The maximum Gasteiger partial charge on any atom is 0.338 e. The topological polar surface area (TPSA) is 84.0 Å². The molecule has 1 fully saturated rings. The largest absolute Gasteiger partial charge is 0.452 e. The van der Waals surface area contributed by atoms with Crippen LogP contribution < -0.4 is 4.90 Å². The second-order valence-electron chi connectivity index (χ2n) is 8.16. The molecular formula is C23H28N2O5S. The molecule has 3 rings (SSSR count). The van der Waals surface area contributed by atoms with Gasteiger partial charge in [0, 0.05) is 25.8 Å². The van der Waals surface area contributed by atoms with Gasteiger partial charge in [-0.15, -0.1) is 0 Å². The van der Waals surface area contributed by atoms with E-state index in [9.17, 15) is 18.0 Å². The van der Waals surface area contributed by atoms with Gasteiger partial charge in [-0.2, -0.15) is 4.31 Å². The zero-order valence-corrected chi connectivity index (χ0v) is 18.8. The van der Waals surface area contributed by atoms with Crippen molar-refractivity contribution in [3.63, 3.8) is 0 Å². The van der Waals surface area contributed by atoms with Crippen LogP contribution in [0.2, 0.25) is 0 Å². The van der Waals surface area contributed by atoms with Gasteiger partial charge in [-0.1, -0.05) is 32.0 Å². The molecule has 0 aliphatic carbocycles. The predicted molar refractivity (Wildman–Crippen MR) is 118 cm³/mol. The number of hydrogen-bond acceptors (Lipinski definition) is 5. The van der Waals surface area contributed by atoms with Crippen molar-refractivity contribution in [2.75, 3.05) is 31.6 Å². The monoisotopic (exact) mass is 444 g/mol. The van der Waals surface area contributed by atoms with Crippen molar-refractivity contribution in [3.05, 3.63) is 60.2 Å². The minimum Gasteiger partial charge on any atom is -0.452 e. The molecule has 1 saturated heterocycles. The first-order chi connectivity index (χ1) is 14.7. The molecule has 2 aromatic rings. The lowest BCUT2D eigenvalue weighted by molar-refractivity contribution is -0.121. The number of piperidine rings is 1. The maximum atomic E-state index is 12.9. The Hall–Kier alpha value is -2.71. The number of amides is 1. The van der Waals surface area contributed by atoms with Gasteiger partial charge in [0.2, 0.25) is 10.0 Å². The average molecular weight is 445 g/mol. The molecule has 0 radical (unpaired) electrons. The van der Waals surface area contributed by atoms with E-state index in [1.54, 1.807) is 19.2 Å². The van der Waals surface area contributed by atoms with Gasteiger partial charge >= 0.3 is 5.97 Å². The molecule has 1 amide bonds. The number of hydrogen-bond donors (Lipinski definition) is 0. The highest BCUT2D eigenvalue weighted by molar-refractivity contribution is 7.89. The lowest BCUT2D eigenvalue weighted by atomic mass is 9.94. The van der Waals surface area contributed by atoms with Gasteiger partial charge in [-0.3, -0.25) is 4.79 Å². The number of carbonyl (C=O) groups is 2. The molecule has 31 heavy (non-hydrogen) atoms. The highest BCUT2D eigenvalue weighted by atomic mass is 32.2. The number of esters is 1. The third-order valence-electron chi connectivity index (χ3n) is 5.41. The number of likely N-dealkylation sites (N-methyl/N-ethyl adjacent to an activating group) is 1. The fourth-order valence-corrected chi connectivity index (χ4v) is 5.50. The molecule has 0 N–H and O–H groups in total. The van der Waals surface area contributed by atoms with E-state index < -0.39 is 22.6 Å². The summed E-state index contributed by atoms with van der Waals surface area (Å²) in [4.78, 5) is 26.1. The molecule has 7 nitrogen and oxygen atoms in total. The quantitative estimate of drug-likeness (QED) is 0.639. The molecule has 0 aromatic heterocycles. The third kappa shape index (κ3) is 5.51. The van der Waals surface area contributed by atoms with Gasteiger partial charge in [-0.05, 0) is 54.7 Å². The van der Waals surface area contributed by atoms with Crippen LogP contribution in [0.1, 0.15) is 30.6 Å². The molecule has 166 valence electrons. The van der Waals surface area contributed by atoms with Gasteiger partial charge in [0.05, 0.1) is 10.5 Å². The van der Waals surface area contributed by atoms with E-state index in [2.05, 4.69) is 0 Å². The smallest absolute Gasteiger partial charge is 0.338 e. The van der Waals surface area contributed by atoms with Crippen molar-refractivity contribution >= 4 is 27.6 Å². The first-order valence-electron chi connectivity index (χ1n) is 10.3. The SMILES string of the molecule is C[C@@H]1C[C@@H](C)CN(S(=O)(=O)c2ccc(C(=O)OCC(=O)N(C)c3ccccc3)cc2)C1. The lowest BCUT2D eigenvalue weighted by Crippen LogP contribution is -2.42. The first kappa shape index (κ1) is 23.0. The second-order valence-corrected chi connectivity index (χ2v) is 10.1. The Morgan fingerprint density at radius 3 is 2.16 bits per heavy atom. The number of anilines is 1. The van der Waals surface area contributed by atoms with E-state index >= 15 is 0 Å². The van der Waals surface area contributed by atoms with Crippen LogP contribution in [0.15, 0.2) is 59.5 Å². The summed E-state index contributed by atoms with van der Waals surface area (Å²) in [5, 5.41) is 0. The fraction of sp³-hybridized carbons (Fsp3) is 0.391. The summed E-state index contributed by atoms with van der Waals surface area (Å²) < 4.78 is 32.5. The van der Waals surface area contributed by atoms with E-state index in [0.717, 1.165) is 6.42 Å². The maximum absolute atomic E-state index is 12.9. The Balaban J connectivity index is 1.61. The van der Waals surface area contributed by atoms with Gasteiger partial charge in [-0.25, -0.2) is 13.2 Å². The van der Waals surface area contributed by atoms with Crippen LogP contribution in [0.25, 0.3) is 0 Å². The van der Waals surface area contributed by atoms with Crippen LogP contribution in [0.3, 0.4) is 0 Å². The normalized spacial score (nSPS) is 19.6. The Morgan fingerprint density at radius 2 is 1.58 bits per heavy atom. The van der Waals surface area contributed by atoms with Crippen LogP contribution in [-0.2, 0) is 19.6 Å². The van der Waals surface area contributed by atoms with E-state index in [-0.39, 0.29) is 16.4 Å². The Kier molecular flexibility index (Phi) is 7.12. The molecule has 8 heteroatoms. The number of sulfonamides is 1. The molecule has 1 aliphatic heterocycles. The van der Waals surface area contributed by atoms with Crippen molar-refractivity contribution < 1.29 is 22.7 Å². The van der Waals surface area contributed by atoms with Crippen molar-refractivity contribution in [3.8, 4) is 0 Å². The molecule has 1 heterocycles. The predicted octanol–water partition coefficient (Wildman–Crippen LogP) is 3.17. The van der Waals surface area contributed by atoms with Crippen LogP contribution >= 0.6 is 0 Å². The zero-order valence-electron chi connectivity index (χ0n) is 18.0. The standard InChI is InChI=1S/C23H28N2O5S/c1-17-13-18(2)15-25(14-17)31(28,29)21-11-9-19(10-12-21)23(27)30-16-22(26)24(3)20-7-5-4-6-8-20/h4-12,17-18H,13-16H2,1-3H3/t17-,18-/m1/s1. The summed E-state index contributed by atoms with van der Waals surface area (Å²) in [7, 11) is -2.01. The van der Waals surface area contributed by atoms with Crippen LogP contribution in [0.5, 0.6) is 0 Å². The summed E-state index contributed by atoms with van der Waals surface area (Å²) in [6.45, 7) is 4.68. The third-order valence-corrected chi connectivity index (χ3v) is 7.25. The average Bonchev–Trinajstić information content (AvgIpc) is 2.76. The van der Waals surface area contributed by atoms with E-state index in [1.807, 2.05) is 32.0 Å². The van der Waals surface area contributed by atoms with Gasteiger partial charge < -0.3 is 9.64 Å². The van der Waals surface area contributed by atoms with Gasteiger partial charge in [0.1, 0.15) is 0 Å². The number of carbonyl (C=O) groups excluding carboxylic acids is 2. The molecular weight excluding hydrogens is 416 g/mol. The molecule has 0 saturated carbocycles. The van der Waals surface area contributed by atoms with Crippen LogP contribution in [0.4, 0.5) is 5.69 Å². The summed E-state index contributed by atoms with van der Waals surface area (Å²) in [5.41, 5.74) is 0.883. The molecule has 0 unspecified atom stereocenters. The Labute approximate surface area is 183 Å². The number of rotatable bonds is 6. The highest BCUT2D eigenvalue weighted by Gasteiger charge is 2.31. The fourth-order valence-electron chi connectivity index (χ4n) is 3.82.